The Morgan fingerprint density at radius 1 is 1.17 bits per heavy atom. The summed E-state index contributed by atoms with van der Waals surface area (Å²) in [6.45, 7) is 0.647. The van der Waals surface area contributed by atoms with Gasteiger partial charge in [-0.1, -0.05) is 29.8 Å². The molecular formula is C18H19ClN2O2S. The van der Waals surface area contributed by atoms with Crippen molar-refractivity contribution in [3.05, 3.63) is 59.2 Å². The molecule has 0 aliphatic heterocycles. The van der Waals surface area contributed by atoms with Crippen LogP contribution in [0.15, 0.2) is 53.6 Å². The fourth-order valence-electron chi connectivity index (χ4n) is 2.91. The predicted octanol–water partition coefficient (Wildman–Crippen LogP) is 3.89. The van der Waals surface area contributed by atoms with Crippen LogP contribution in [0.3, 0.4) is 0 Å². The number of fused-ring (bicyclic) bond motifs is 1. The zero-order valence-corrected chi connectivity index (χ0v) is 15.2. The summed E-state index contributed by atoms with van der Waals surface area (Å²) in [6, 6.07) is 12.8. The van der Waals surface area contributed by atoms with Crippen molar-refractivity contribution >= 4 is 38.0 Å². The van der Waals surface area contributed by atoms with E-state index in [2.05, 4.69) is 16.1 Å². The Balaban J connectivity index is 1.79. The van der Waals surface area contributed by atoms with Gasteiger partial charge in [-0.3, -0.25) is 0 Å². The van der Waals surface area contributed by atoms with E-state index in [9.17, 15) is 8.42 Å². The molecule has 0 amide bonds. The molecule has 3 rings (SSSR count). The molecule has 126 valence electrons. The molecule has 0 aliphatic rings. The standard InChI is InChI=1S/C18H19ClN2O2S/c1-21-12-13(15-8-7-14(19)11-17(15)21)9-10-20-16-5-3-4-6-18(16)24(2,22)23/h3-8,11-12,20H,9-10H2,1-2H3. The van der Waals surface area contributed by atoms with E-state index >= 15 is 0 Å². The first-order chi connectivity index (χ1) is 11.4. The van der Waals surface area contributed by atoms with Crippen LogP contribution in [0.1, 0.15) is 5.56 Å². The Labute approximate surface area is 147 Å². The molecule has 0 unspecified atom stereocenters. The maximum absolute atomic E-state index is 11.8. The van der Waals surface area contributed by atoms with Gasteiger partial charge in [0.1, 0.15) is 0 Å². The highest BCUT2D eigenvalue weighted by atomic mass is 35.5. The minimum Gasteiger partial charge on any atom is -0.384 e. The van der Waals surface area contributed by atoms with Gasteiger partial charge >= 0.3 is 0 Å². The normalized spacial score (nSPS) is 11.8. The summed E-state index contributed by atoms with van der Waals surface area (Å²) in [6.07, 6.45) is 4.10. The lowest BCUT2D eigenvalue weighted by Gasteiger charge is -2.10. The van der Waals surface area contributed by atoms with Gasteiger partial charge in [-0.15, -0.1) is 0 Å². The van der Waals surface area contributed by atoms with Gasteiger partial charge in [-0.2, -0.15) is 0 Å². The van der Waals surface area contributed by atoms with Gasteiger partial charge in [0, 0.05) is 42.0 Å². The third-order valence-corrected chi connectivity index (χ3v) is 5.42. The molecule has 0 fully saturated rings. The first kappa shape index (κ1) is 16.9. The van der Waals surface area contributed by atoms with Crippen LogP contribution in [0.25, 0.3) is 10.9 Å². The van der Waals surface area contributed by atoms with Gasteiger partial charge in [0.25, 0.3) is 0 Å². The van der Waals surface area contributed by atoms with E-state index in [4.69, 9.17) is 11.6 Å². The average molecular weight is 363 g/mol. The third-order valence-electron chi connectivity index (χ3n) is 4.03. The summed E-state index contributed by atoms with van der Waals surface area (Å²) in [4.78, 5) is 0.328. The number of aryl methyl sites for hydroxylation is 1. The maximum Gasteiger partial charge on any atom is 0.177 e. The molecule has 3 aromatic rings. The van der Waals surface area contributed by atoms with Gasteiger partial charge in [0.05, 0.1) is 10.6 Å². The Kier molecular flexibility index (Phi) is 4.56. The number of hydrogen-bond donors (Lipinski definition) is 1. The molecule has 0 aliphatic carbocycles. The van der Waals surface area contributed by atoms with Gasteiger partial charge in [-0.25, -0.2) is 8.42 Å². The number of sulfone groups is 1. The van der Waals surface area contributed by atoms with Crippen molar-refractivity contribution in [1.82, 2.24) is 4.57 Å². The van der Waals surface area contributed by atoms with Crippen LogP contribution in [-0.4, -0.2) is 25.8 Å². The second-order valence-corrected chi connectivity index (χ2v) is 8.29. The number of anilines is 1. The largest absolute Gasteiger partial charge is 0.384 e. The number of rotatable bonds is 5. The van der Waals surface area contributed by atoms with Crippen LogP contribution >= 0.6 is 11.6 Å². The minimum atomic E-state index is -3.25. The highest BCUT2D eigenvalue weighted by Gasteiger charge is 2.12. The van der Waals surface area contributed by atoms with Crippen LogP contribution in [0.5, 0.6) is 0 Å². The van der Waals surface area contributed by atoms with Crippen molar-refractivity contribution < 1.29 is 8.42 Å². The van der Waals surface area contributed by atoms with Crippen molar-refractivity contribution in [1.29, 1.82) is 0 Å². The molecule has 0 saturated heterocycles. The van der Waals surface area contributed by atoms with Gasteiger partial charge in [0.2, 0.25) is 0 Å². The molecule has 1 aromatic heterocycles. The number of aromatic nitrogens is 1. The molecule has 0 bridgehead atoms. The lowest BCUT2D eigenvalue weighted by molar-refractivity contribution is 0.602. The summed E-state index contributed by atoms with van der Waals surface area (Å²) >= 11 is 6.06. The van der Waals surface area contributed by atoms with E-state index in [1.807, 2.05) is 31.3 Å². The highest BCUT2D eigenvalue weighted by Crippen LogP contribution is 2.25. The van der Waals surface area contributed by atoms with Crippen LogP contribution in [-0.2, 0) is 23.3 Å². The average Bonchev–Trinajstić information content (AvgIpc) is 2.83. The van der Waals surface area contributed by atoms with Crippen LogP contribution in [0.4, 0.5) is 5.69 Å². The number of benzene rings is 2. The Morgan fingerprint density at radius 3 is 2.67 bits per heavy atom. The molecule has 1 heterocycles. The molecule has 4 nitrogen and oxygen atoms in total. The third kappa shape index (κ3) is 3.42. The molecule has 1 N–H and O–H groups in total. The van der Waals surface area contributed by atoms with E-state index in [0.29, 0.717) is 17.1 Å². The van der Waals surface area contributed by atoms with Crippen LogP contribution in [0.2, 0.25) is 5.02 Å². The van der Waals surface area contributed by atoms with Gasteiger partial charge in [0.15, 0.2) is 9.84 Å². The fourth-order valence-corrected chi connectivity index (χ4v) is 3.94. The smallest absolute Gasteiger partial charge is 0.177 e. The van der Waals surface area contributed by atoms with E-state index in [1.54, 1.807) is 18.2 Å². The predicted molar refractivity (Wildman–Crippen MR) is 99.7 cm³/mol. The molecule has 6 heteroatoms. The lowest BCUT2D eigenvalue weighted by atomic mass is 10.1. The molecule has 2 aromatic carbocycles. The molecule has 0 saturated carbocycles. The summed E-state index contributed by atoms with van der Waals surface area (Å²) in [5, 5.41) is 5.12. The van der Waals surface area contributed by atoms with Crippen LogP contribution < -0.4 is 5.32 Å². The molecule has 24 heavy (non-hydrogen) atoms. The highest BCUT2D eigenvalue weighted by molar-refractivity contribution is 7.90. The van der Waals surface area contributed by atoms with Crippen LogP contribution in [0, 0.1) is 0 Å². The van der Waals surface area contributed by atoms with Crippen molar-refractivity contribution in [2.75, 3.05) is 18.1 Å². The quantitative estimate of drug-likeness (QED) is 0.749. The summed E-state index contributed by atoms with van der Waals surface area (Å²) < 4.78 is 25.7. The van der Waals surface area contributed by atoms with Crippen molar-refractivity contribution in [2.45, 2.75) is 11.3 Å². The maximum atomic E-state index is 11.8. The second kappa shape index (κ2) is 6.49. The first-order valence-electron chi connectivity index (χ1n) is 7.62. The van der Waals surface area contributed by atoms with E-state index in [0.717, 1.165) is 17.0 Å². The van der Waals surface area contributed by atoms with Crippen molar-refractivity contribution in [3.63, 3.8) is 0 Å². The second-order valence-electron chi connectivity index (χ2n) is 5.87. The van der Waals surface area contributed by atoms with Crippen molar-refractivity contribution in [3.8, 4) is 0 Å². The van der Waals surface area contributed by atoms with E-state index in [1.165, 1.54) is 17.2 Å². The number of halogens is 1. The molecule has 0 radical (unpaired) electrons. The monoisotopic (exact) mass is 362 g/mol. The minimum absolute atomic E-state index is 0.328. The molecule has 0 atom stereocenters. The summed E-state index contributed by atoms with van der Waals surface area (Å²) in [7, 11) is -1.25. The fraction of sp³-hybridized carbons (Fsp3) is 0.222. The summed E-state index contributed by atoms with van der Waals surface area (Å²) in [5.74, 6) is 0. The zero-order valence-electron chi connectivity index (χ0n) is 13.6. The Bertz CT molecular complexity index is 993. The van der Waals surface area contributed by atoms with E-state index < -0.39 is 9.84 Å². The number of nitrogens with one attached hydrogen (secondary N) is 1. The summed E-state index contributed by atoms with van der Waals surface area (Å²) in [5.41, 5.74) is 2.94. The first-order valence-corrected chi connectivity index (χ1v) is 9.89. The van der Waals surface area contributed by atoms with E-state index in [-0.39, 0.29) is 0 Å². The molecule has 0 spiro atoms. The zero-order chi connectivity index (χ0) is 17.3. The van der Waals surface area contributed by atoms with Gasteiger partial charge < -0.3 is 9.88 Å². The number of nitrogens with zero attached hydrogens (tertiary/aromatic N) is 1. The van der Waals surface area contributed by atoms with Crippen molar-refractivity contribution in [2.24, 2.45) is 7.05 Å². The Morgan fingerprint density at radius 2 is 1.92 bits per heavy atom. The molecular weight excluding hydrogens is 344 g/mol. The SMILES string of the molecule is Cn1cc(CCNc2ccccc2S(C)(=O)=O)c2ccc(Cl)cc21. The number of hydrogen-bond acceptors (Lipinski definition) is 3. The topological polar surface area (TPSA) is 51.1 Å². The Hall–Kier alpha value is -1.98. The number of para-hydroxylation sites is 1. The lowest BCUT2D eigenvalue weighted by Crippen LogP contribution is -2.09. The van der Waals surface area contributed by atoms with Gasteiger partial charge in [-0.05, 0) is 36.2 Å².